The zero-order valence-corrected chi connectivity index (χ0v) is 14.2. The van der Waals surface area contributed by atoms with Gasteiger partial charge in [0.25, 0.3) is 0 Å². The van der Waals surface area contributed by atoms with Crippen molar-refractivity contribution in [3.63, 3.8) is 0 Å². The minimum atomic E-state index is -0.403. The number of unbranched alkanes of at least 4 members (excludes halogenated alkanes) is 4. The van der Waals surface area contributed by atoms with Crippen LogP contribution in [-0.2, 0) is 16.1 Å². The Hall–Kier alpha value is -1.84. The van der Waals surface area contributed by atoms with Crippen LogP contribution in [0.2, 0.25) is 0 Å². The number of alkyl carbamates (subject to hydrolysis) is 1. The molecule has 128 valence electrons. The van der Waals surface area contributed by atoms with E-state index in [1.54, 1.807) is 0 Å². The van der Waals surface area contributed by atoms with Gasteiger partial charge >= 0.3 is 6.09 Å². The van der Waals surface area contributed by atoms with Crippen molar-refractivity contribution >= 4 is 11.9 Å². The predicted octanol–water partition coefficient (Wildman–Crippen LogP) is 4.62. The lowest BCUT2D eigenvalue weighted by atomic mass is 10.1. The number of rotatable bonds is 12. The van der Waals surface area contributed by atoms with E-state index in [1.165, 1.54) is 12.8 Å². The molecule has 0 bridgehead atoms. The van der Waals surface area contributed by atoms with Crippen molar-refractivity contribution in [2.24, 2.45) is 0 Å². The van der Waals surface area contributed by atoms with E-state index in [0.29, 0.717) is 25.2 Å². The lowest BCUT2D eigenvalue weighted by Crippen LogP contribution is -2.25. The second-order valence-corrected chi connectivity index (χ2v) is 5.79. The molecule has 1 amide bonds. The Morgan fingerprint density at radius 2 is 1.65 bits per heavy atom. The van der Waals surface area contributed by atoms with Crippen LogP contribution in [0.3, 0.4) is 0 Å². The summed E-state index contributed by atoms with van der Waals surface area (Å²) in [6.07, 6.45) is 7.11. The molecule has 0 heterocycles. The first kappa shape index (κ1) is 19.2. The van der Waals surface area contributed by atoms with Gasteiger partial charge in [-0.2, -0.15) is 0 Å². The Labute approximate surface area is 139 Å². The van der Waals surface area contributed by atoms with Crippen LogP contribution in [0.5, 0.6) is 0 Å². The minimum absolute atomic E-state index is 0.281. The molecule has 0 aliphatic heterocycles. The van der Waals surface area contributed by atoms with Crippen LogP contribution >= 0.6 is 0 Å². The molecule has 0 radical (unpaired) electrons. The summed E-state index contributed by atoms with van der Waals surface area (Å²) in [5.74, 6) is 0.341. The number of Topliss-reactive ketones (excluding diaryl/α,β-unsaturated/α-hetero) is 1. The van der Waals surface area contributed by atoms with E-state index in [-0.39, 0.29) is 6.61 Å². The van der Waals surface area contributed by atoms with E-state index < -0.39 is 6.09 Å². The van der Waals surface area contributed by atoms with Crippen LogP contribution in [0.15, 0.2) is 30.3 Å². The molecule has 0 unspecified atom stereocenters. The standard InChI is InChI=1S/C19H29NO3/c1-2-3-4-8-13-18(21)14-9-10-15-20-19(22)23-16-17-11-6-5-7-12-17/h5-7,11-12H,2-4,8-10,13-16H2,1H3,(H,20,22). The Kier molecular flexibility index (Phi) is 10.6. The molecule has 1 rings (SSSR count). The first-order valence-electron chi connectivity index (χ1n) is 8.68. The highest BCUT2D eigenvalue weighted by Gasteiger charge is 2.04. The third-order valence-electron chi connectivity index (χ3n) is 3.67. The number of carbonyl (C=O) groups is 2. The average molecular weight is 319 g/mol. The summed E-state index contributed by atoms with van der Waals surface area (Å²) in [4.78, 5) is 23.2. The molecule has 0 fully saturated rings. The molecule has 0 aliphatic carbocycles. The van der Waals surface area contributed by atoms with Crippen molar-refractivity contribution in [1.29, 1.82) is 0 Å². The maximum Gasteiger partial charge on any atom is 0.407 e. The number of ether oxygens (including phenoxy) is 1. The van der Waals surface area contributed by atoms with Crippen molar-refractivity contribution in [2.75, 3.05) is 6.54 Å². The summed E-state index contributed by atoms with van der Waals surface area (Å²) in [6.45, 7) is 3.00. The molecular formula is C19H29NO3. The molecule has 1 aromatic carbocycles. The smallest absolute Gasteiger partial charge is 0.407 e. The summed E-state index contributed by atoms with van der Waals surface area (Å²) < 4.78 is 5.11. The third kappa shape index (κ3) is 10.5. The lowest BCUT2D eigenvalue weighted by Gasteiger charge is -2.07. The van der Waals surface area contributed by atoms with Crippen molar-refractivity contribution in [1.82, 2.24) is 5.32 Å². The zero-order chi connectivity index (χ0) is 16.8. The van der Waals surface area contributed by atoms with Crippen molar-refractivity contribution in [3.8, 4) is 0 Å². The van der Waals surface area contributed by atoms with Gasteiger partial charge in [-0.25, -0.2) is 4.79 Å². The van der Waals surface area contributed by atoms with Gasteiger partial charge in [0, 0.05) is 19.4 Å². The second kappa shape index (κ2) is 12.7. The topological polar surface area (TPSA) is 55.4 Å². The van der Waals surface area contributed by atoms with Gasteiger partial charge < -0.3 is 10.1 Å². The normalized spacial score (nSPS) is 10.3. The Morgan fingerprint density at radius 3 is 2.35 bits per heavy atom. The molecule has 0 aliphatic rings. The van der Waals surface area contributed by atoms with Crippen LogP contribution in [0.1, 0.15) is 63.9 Å². The fourth-order valence-corrected chi connectivity index (χ4v) is 2.29. The first-order chi connectivity index (χ1) is 11.2. The fourth-order valence-electron chi connectivity index (χ4n) is 2.29. The summed E-state index contributed by atoms with van der Waals surface area (Å²) in [5, 5.41) is 2.71. The molecule has 0 saturated heterocycles. The number of ketones is 1. The fraction of sp³-hybridized carbons (Fsp3) is 0.579. The molecule has 4 heteroatoms. The van der Waals surface area contributed by atoms with Gasteiger partial charge in [0.05, 0.1) is 0 Å². The quantitative estimate of drug-likeness (QED) is 0.572. The summed E-state index contributed by atoms with van der Waals surface area (Å²) >= 11 is 0. The van der Waals surface area contributed by atoms with Gasteiger partial charge in [0.15, 0.2) is 0 Å². The number of carbonyl (C=O) groups excluding carboxylic acids is 2. The highest BCUT2D eigenvalue weighted by atomic mass is 16.5. The molecular weight excluding hydrogens is 290 g/mol. The van der Waals surface area contributed by atoms with Gasteiger partial charge in [-0.1, -0.05) is 56.5 Å². The predicted molar refractivity (Wildman–Crippen MR) is 92.2 cm³/mol. The van der Waals surface area contributed by atoms with Crippen LogP contribution in [0.4, 0.5) is 4.79 Å². The Balaban J connectivity index is 1.95. The number of hydrogen-bond acceptors (Lipinski definition) is 3. The van der Waals surface area contributed by atoms with E-state index in [2.05, 4.69) is 12.2 Å². The highest BCUT2D eigenvalue weighted by Crippen LogP contribution is 2.06. The monoisotopic (exact) mass is 319 g/mol. The number of benzene rings is 1. The van der Waals surface area contributed by atoms with Gasteiger partial charge in [0.1, 0.15) is 12.4 Å². The van der Waals surface area contributed by atoms with E-state index >= 15 is 0 Å². The number of hydrogen-bond donors (Lipinski definition) is 1. The molecule has 1 N–H and O–H groups in total. The average Bonchev–Trinajstić information content (AvgIpc) is 2.57. The van der Waals surface area contributed by atoms with Gasteiger partial charge in [0.2, 0.25) is 0 Å². The lowest BCUT2D eigenvalue weighted by molar-refractivity contribution is -0.119. The SMILES string of the molecule is CCCCCCC(=O)CCCCNC(=O)OCc1ccccc1. The van der Waals surface area contributed by atoms with Crippen LogP contribution < -0.4 is 5.32 Å². The van der Waals surface area contributed by atoms with Gasteiger partial charge in [-0.3, -0.25) is 4.79 Å². The van der Waals surface area contributed by atoms with Crippen LogP contribution in [0, 0.1) is 0 Å². The Morgan fingerprint density at radius 1 is 0.957 bits per heavy atom. The first-order valence-corrected chi connectivity index (χ1v) is 8.68. The highest BCUT2D eigenvalue weighted by molar-refractivity contribution is 5.78. The van der Waals surface area contributed by atoms with Crippen LogP contribution in [0.25, 0.3) is 0 Å². The summed E-state index contributed by atoms with van der Waals surface area (Å²) in [6, 6.07) is 9.58. The van der Waals surface area contributed by atoms with E-state index in [0.717, 1.165) is 31.2 Å². The number of nitrogens with one attached hydrogen (secondary N) is 1. The van der Waals surface area contributed by atoms with E-state index in [4.69, 9.17) is 4.74 Å². The molecule has 23 heavy (non-hydrogen) atoms. The minimum Gasteiger partial charge on any atom is -0.445 e. The van der Waals surface area contributed by atoms with Crippen molar-refractivity contribution < 1.29 is 14.3 Å². The van der Waals surface area contributed by atoms with Crippen molar-refractivity contribution in [3.05, 3.63) is 35.9 Å². The molecule has 4 nitrogen and oxygen atoms in total. The maximum atomic E-state index is 11.7. The van der Waals surface area contributed by atoms with Gasteiger partial charge in [-0.05, 0) is 24.8 Å². The molecule has 0 aromatic heterocycles. The van der Waals surface area contributed by atoms with Gasteiger partial charge in [-0.15, -0.1) is 0 Å². The summed E-state index contributed by atoms with van der Waals surface area (Å²) in [5.41, 5.74) is 0.969. The zero-order valence-electron chi connectivity index (χ0n) is 14.2. The third-order valence-corrected chi connectivity index (χ3v) is 3.67. The molecule has 0 atom stereocenters. The molecule has 0 saturated carbocycles. The Bertz CT molecular complexity index is 445. The van der Waals surface area contributed by atoms with Crippen LogP contribution in [-0.4, -0.2) is 18.4 Å². The maximum absolute atomic E-state index is 11.7. The second-order valence-electron chi connectivity index (χ2n) is 5.79. The van der Waals surface area contributed by atoms with E-state index in [9.17, 15) is 9.59 Å². The van der Waals surface area contributed by atoms with Crippen molar-refractivity contribution in [2.45, 2.75) is 64.9 Å². The summed E-state index contributed by atoms with van der Waals surface area (Å²) in [7, 11) is 0. The number of amides is 1. The molecule has 1 aromatic rings. The molecule has 0 spiro atoms. The van der Waals surface area contributed by atoms with E-state index in [1.807, 2.05) is 30.3 Å². The largest absolute Gasteiger partial charge is 0.445 e.